The smallest absolute Gasteiger partial charge is 0.407 e. The molecule has 1 N–H and O–H groups in total. The van der Waals surface area contributed by atoms with E-state index in [1.807, 2.05) is 18.2 Å². The van der Waals surface area contributed by atoms with Crippen molar-refractivity contribution in [1.82, 2.24) is 9.47 Å². The van der Waals surface area contributed by atoms with Crippen LogP contribution in [0.2, 0.25) is 0 Å². The van der Waals surface area contributed by atoms with Gasteiger partial charge in [0.25, 0.3) is 5.56 Å². The first-order chi connectivity index (χ1) is 18.1. The van der Waals surface area contributed by atoms with Crippen LogP contribution in [0.25, 0.3) is 5.69 Å². The van der Waals surface area contributed by atoms with Crippen LogP contribution in [0, 0.1) is 0 Å². The number of aryl methyl sites for hydroxylation is 1. The summed E-state index contributed by atoms with van der Waals surface area (Å²) >= 11 is 0. The summed E-state index contributed by atoms with van der Waals surface area (Å²) in [6, 6.07) is 14.6. The third-order valence-electron chi connectivity index (χ3n) is 6.73. The monoisotopic (exact) mass is 540 g/mol. The summed E-state index contributed by atoms with van der Waals surface area (Å²) in [6.45, 7) is 2.39. The van der Waals surface area contributed by atoms with Crippen LogP contribution in [-0.2, 0) is 16.3 Å². The van der Waals surface area contributed by atoms with Crippen molar-refractivity contribution in [2.45, 2.75) is 49.6 Å². The van der Waals surface area contributed by atoms with Gasteiger partial charge in [0.1, 0.15) is 17.6 Å². The molecule has 4 rings (SSSR count). The maximum absolute atomic E-state index is 12.8. The molecule has 1 aliphatic rings. The summed E-state index contributed by atoms with van der Waals surface area (Å²) in [5.74, 6) is 1.04. The van der Waals surface area contributed by atoms with Gasteiger partial charge in [-0.3, -0.25) is 9.36 Å². The molecule has 3 aromatic rings. The highest BCUT2D eigenvalue weighted by atomic mass is 32.2. The number of carbonyl (C=O) groups is 1. The number of hydrogen-bond donors (Lipinski definition) is 1. The molecule has 2 aromatic carbocycles. The molecule has 9 nitrogen and oxygen atoms in total. The molecule has 0 bridgehead atoms. The van der Waals surface area contributed by atoms with E-state index >= 15 is 0 Å². The zero-order valence-electron chi connectivity index (χ0n) is 21.7. The standard InChI is InChI=1S/C28H32N2O7S/c1-4-5-19-6-11-24(26(16-19)36-2)25-17-21(13-15-30(25)28(32)33)37-22-12-14-29(27(31)18-22)20-7-9-23(10-8-20)38(3,34)35/h6-12,14,16,18,21,25H,4-5,13,15,17H2,1-3H3,(H,32,33). The van der Waals surface area contributed by atoms with Gasteiger partial charge in [0.2, 0.25) is 0 Å². The highest BCUT2D eigenvalue weighted by molar-refractivity contribution is 7.90. The molecular weight excluding hydrogens is 508 g/mol. The third-order valence-corrected chi connectivity index (χ3v) is 7.86. The predicted molar refractivity (Wildman–Crippen MR) is 143 cm³/mol. The Morgan fingerprint density at radius 2 is 1.84 bits per heavy atom. The van der Waals surface area contributed by atoms with Gasteiger partial charge in [-0.15, -0.1) is 0 Å². The first kappa shape index (κ1) is 27.3. The number of benzene rings is 2. The average molecular weight is 541 g/mol. The van der Waals surface area contributed by atoms with Crippen molar-refractivity contribution in [3.05, 3.63) is 82.3 Å². The van der Waals surface area contributed by atoms with E-state index in [0.717, 1.165) is 30.2 Å². The number of nitrogens with zero attached hydrogens (tertiary/aromatic N) is 2. The Morgan fingerprint density at radius 3 is 2.45 bits per heavy atom. The largest absolute Gasteiger partial charge is 0.496 e. The van der Waals surface area contributed by atoms with Crippen molar-refractivity contribution in [3.8, 4) is 17.2 Å². The molecule has 1 saturated heterocycles. The average Bonchev–Trinajstić information content (AvgIpc) is 2.88. The minimum atomic E-state index is -3.33. The molecule has 2 unspecified atom stereocenters. The number of hydrogen-bond acceptors (Lipinski definition) is 6. The number of pyridine rings is 1. The maximum Gasteiger partial charge on any atom is 0.407 e. The number of sulfone groups is 1. The van der Waals surface area contributed by atoms with Gasteiger partial charge in [0.15, 0.2) is 9.84 Å². The molecule has 1 aliphatic heterocycles. The van der Waals surface area contributed by atoms with Gasteiger partial charge in [0, 0.05) is 49.2 Å². The molecule has 0 radical (unpaired) electrons. The lowest BCUT2D eigenvalue weighted by Gasteiger charge is -2.38. The Hall–Kier alpha value is -3.79. The van der Waals surface area contributed by atoms with Crippen LogP contribution < -0.4 is 15.0 Å². The second-order valence-corrected chi connectivity index (χ2v) is 11.4. The molecule has 1 fully saturated rings. The van der Waals surface area contributed by atoms with Crippen LogP contribution in [0.15, 0.2) is 70.5 Å². The number of rotatable bonds is 8. The molecule has 0 aliphatic carbocycles. The third kappa shape index (κ3) is 6.02. The summed E-state index contributed by atoms with van der Waals surface area (Å²) in [7, 11) is -1.75. The Balaban J connectivity index is 1.54. The zero-order chi connectivity index (χ0) is 27.4. The number of methoxy groups -OCH3 is 1. The van der Waals surface area contributed by atoms with Crippen molar-refractivity contribution < 1.29 is 27.8 Å². The van der Waals surface area contributed by atoms with Gasteiger partial charge in [-0.05, 0) is 48.4 Å². The van der Waals surface area contributed by atoms with Gasteiger partial charge in [-0.1, -0.05) is 25.5 Å². The lowest BCUT2D eigenvalue weighted by atomic mass is 9.91. The fraction of sp³-hybridized carbons (Fsp3) is 0.357. The van der Waals surface area contributed by atoms with Gasteiger partial charge in [-0.25, -0.2) is 13.2 Å². The number of aromatic nitrogens is 1. The van der Waals surface area contributed by atoms with Gasteiger partial charge in [0.05, 0.1) is 18.0 Å². The van der Waals surface area contributed by atoms with E-state index in [9.17, 15) is 23.1 Å². The Morgan fingerprint density at radius 1 is 1.11 bits per heavy atom. The van der Waals surface area contributed by atoms with Crippen LogP contribution in [0.4, 0.5) is 4.79 Å². The number of likely N-dealkylation sites (tertiary alicyclic amines) is 1. The molecule has 2 atom stereocenters. The quantitative estimate of drug-likeness (QED) is 0.448. The van der Waals surface area contributed by atoms with Crippen LogP contribution in [-0.4, -0.2) is 55.1 Å². The van der Waals surface area contributed by atoms with Crippen molar-refractivity contribution in [3.63, 3.8) is 0 Å². The van der Waals surface area contributed by atoms with E-state index in [1.54, 1.807) is 31.5 Å². The highest BCUT2D eigenvalue weighted by Gasteiger charge is 2.35. The maximum atomic E-state index is 12.8. The van der Waals surface area contributed by atoms with E-state index in [-0.39, 0.29) is 23.1 Å². The molecule has 0 spiro atoms. The van der Waals surface area contributed by atoms with E-state index < -0.39 is 22.0 Å². The van der Waals surface area contributed by atoms with Crippen LogP contribution in [0.5, 0.6) is 11.5 Å². The normalized spacial score (nSPS) is 17.7. The van der Waals surface area contributed by atoms with Crippen LogP contribution in [0.1, 0.15) is 43.4 Å². The Bertz CT molecular complexity index is 1470. The highest BCUT2D eigenvalue weighted by Crippen LogP contribution is 2.38. The van der Waals surface area contributed by atoms with Gasteiger partial charge in [-0.2, -0.15) is 0 Å². The molecule has 2 heterocycles. The number of piperidine rings is 1. The summed E-state index contributed by atoms with van der Waals surface area (Å²) in [5, 5.41) is 9.85. The lowest BCUT2D eigenvalue weighted by molar-refractivity contribution is 0.0531. The summed E-state index contributed by atoms with van der Waals surface area (Å²) in [6.07, 6.45) is 4.19. The summed E-state index contributed by atoms with van der Waals surface area (Å²) in [4.78, 5) is 26.4. The van der Waals surface area contributed by atoms with E-state index in [2.05, 4.69) is 6.92 Å². The Kier molecular flexibility index (Phi) is 8.11. The van der Waals surface area contributed by atoms with E-state index in [1.165, 1.54) is 27.7 Å². The predicted octanol–water partition coefficient (Wildman–Crippen LogP) is 4.46. The molecule has 202 valence electrons. The lowest BCUT2D eigenvalue weighted by Crippen LogP contribution is -2.43. The fourth-order valence-electron chi connectivity index (χ4n) is 4.83. The van der Waals surface area contributed by atoms with Crippen molar-refractivity contribution in [2.24, 2.45) is 0 Å². The number of amides is 1. The molecule has 0 saturated carbocycles. The molecular formula is C28H32N2O7S. The minimum Gasteiger partial charge on any atom is -0.496 e. The van der Waals surface area contributed by atoms with Crippen LogP contribution >= 0.6 is 0 Å². The molecule has 10 heteroatoms. The second kappa shape index (κ2) is 11.3. The number of carboxylic acid groups (broad SMARTS) is 1. The first-order valence-corrected chi connectivity index (χ1v) is 14.4. The fourth-order valence-corrected chi connectivity index (χ4v) is 5.46. The van der Waals surface area contributed by atoms with E-state index in [0.29, 0.717) is 30.0 Å². The number of ether oxygens (including phenoxy) is 2. The first-order valence-electron chi connectivity index (χ1n) is 12.5. The van der Waals surface area contributed by atoms with E-state index in [4.69, 9.17) is 9.47 Å². The molecule has 1 amide bonds. The van der Waals surface area contributed by atoms with Crippen molar-refractivity contribution in [2.75, 3.05) is 19.9 Å². The van der Waals surface area contributed by atoms with Gasteiger partial charge >= 0.3 is 6.09 Å². The second-order valence-electron chi connectivity index (χ2n) is 9.42. The molecule has 1 aromatic heterocycles. The topological polar surface area (TPSA) is 115 Å². The molecule has 38 heavy (non-hydrogen) atoms. The van der Waals surface area contributed by atoms with Crippen molar-refractivity contribution >= 4 is 15.9 Å². The zero-order valence-corrected chi connectivity index (χ0v) is 22.5. The van der Waals surface area contributed by atoms with Gasteiger partial charge < -0.3 is 19.5 Å². The van der Waals surface area contributed by atoms with Crippen LogP contribution in [0.3, 0.4) is 0 Å². The SMILES string of the molecule is CCCc1ccc(C2CC(Oc3ccn(-c4ccc(S(C)(=O)=O)cc4)c(=O)c3)CCN2C(=O)O)c(OC)c1. The van der Waals surface area contributed by atoms with Crippen molar-refractivity contribution in [1.29, 1.82) is 0 Å². The summed E-state index contributed by atoms with van der Waals surface area (Å²) in [5.41, 5.74) is 2.12. The Labute approximate surface area is 222 Å². The minimum absolute atomic E-state index is 0.174. The summed E-state index contributed by atoms with van der Waals surface area (Å²) < 4.78 is 36.6.